The molecule has 1 heterocycles. The third kappa shape index (κ3) is 3.56. The minimum Gasteiger partial charge on any atom is -0.337 e. The van der Waals surface area contributed by atoms with Gasteiger partial charge in [0.05, 0.1) is 5.92 Å². The fourth-order valence-corrected chi connectivity index (χ4v) is 2.63. The van der Waals surface area contributed by atoms with E-state index in [4.69, 9.17) is 11.6 Å². The molecule has 0 saturated carbocycles. The lowest BCUT2D eigenvalue weighted by Crippen LogP contribution is -2.42. The number of carbonyl (C=O) groups is 2. The fourth-order valence-electron chi connectivity index (χ4n) is 2.45. The van der Waals surface area contributed by atoms with Crippen LogP contribution < -0.4 is 5.32 Å². The average molecular weight is 309 g/mol. The van der Waals surface area contributed by atoms with Gasteiger partial charge in [-0.3, -0.25) is 9.59 Å². The Morgan fingerprint density at radius 2 is 2.05 bits per heavy atom. The summed E-state index contributed by atoms with van der Waals surface area (Å²) in [4.78, 5) is 26.1. The number of nitrogens with one attached hydrogen (secondary N) is 1. The molecule has 1 fully saturated rings. The molecule has 1 saturated heterocycles. The van der Waals surface area contributed by atoms with Gasteiger partial charge in [-0.1, -0.05) is 17.7 Å². The van der Waals surface area contributed by atoms with Gasteiger partial charge in [0, 0.05) is 29.2 Å². The first kappa shape index (κ1) is 15.8. The molecule has 1 aliphatic rings. The maximum absolute atomic E-state index is 12.3. The van der Waals surface area contributed by atoms with Crippen LogP contribution in [-0.4, -0.2) is 28.8 Å². The first-order valence-electron chi connectivity index (χ1n) is 7.06. The van der Waals surface area contributed by atoms with E-state index in [0.717, 1.165) is 5.56 Å². The number of hydrogen-bond acceptors (Lipinski definition) is 2. The summed E-state index contributed by atoms with van der Waals surface area (Å²) in [5.74, 6) is -0.406. The van der Waals surface area contributed by atoms with E-state index in [-0.39, 0.29) is 29.7 Å². The quantitative estimate of drug-likeness (QED) is 0.912. The summed E-state index contributed by atoms with van der Waals surface area (Å²) in [6.45, 7) is 8.30. The molecule has 1 unspecified atom stereocenters. The Bertz CT molecular complexity index is 578. The van der Waals surface area contributed by atoms with Crippen molar-refractivity contribution in [2.45, 2.75) is 39.7 Å². The molecule has 1 aromatic carbocycles. The molecule has 1 aliphatic heterocycles. The molecule has 0 aliphatic carbocycles. The van der Waals surface area contributed by atoms with Crippen LogP contribution in [0, 0.1) is 12.8 Å². The second-order valence-electron chi connectivity index (χ2n) is 6.53. The van der Waals surface area contributed by atoms with Gasteiger partial charge in [-0.2, -0.15) is 0 Å². The number of hydrogen-bond donors (Lipinski definition) is 1. The normalized spacial score (nSPS) is 19.0. The third-order valence-electron chi connectivity index (χ3n) is 3.74. The van der Waals surface area contributed by atoms with Gasteiger partial charge >= 0.3 is 0 Å². The summed E-state index contributed by atoms with van der Waals surface area (Å²) in [5, 5.41) is 3.46. The zero-order valence-electron chi connectivity index (χ0n) is 12.9. The first-order valence-corrected chi connectivity index (χ1v) is 7.44. The molecule has 0 spiro atoms. The Kier molecular flexibility index (Phi) is 4.28. The van der Waals surface area contributed by atoms with Crippen LogP contribution >= 0.6 is 11.6 Å². The highest BCUT2D eigenvalue weighted by molar-refractivity contribution is 6.31. The standard InChI is InChI=1S/C16H21ClN2O2/c1-10-5-6-12(8-13(10)17)18-15(21)11-7-14(20)19(9-11)16(2,3)4/h5-6,8,11H,7,9H2,1-4H3,(H,18,21). The number of aryl methyl sites for hydroxylation is 1. The lowest BCUT2D eigenvalue weighted by molar-refractivity contribution is -0.131. The monoisotopic (exact) mass is 308 g/mol. The smallest absolute Gasteiger partial charge is 0.229 e. The van der Waals surface area contributed by atoms with Gasteiger partial charge in [0.1, 0.15) is 0 Å². The maximum Gasteiger partial charge on any atom is 0.229 e. The Morgan fingerprint density at radius 1 is 1.38 bits per heavy atom. The molecule has 114 valence electrons. The molecule has 1 atom stereocenters. The van der Waals surface area contributed by atoms with Crippen molar-refractivity contribution in [3.8, 4) is 0 Å². The summed E-state index contributed by atoms with van der Waals surface area (Å²) in [5.41, 5.74) is 1.38. The van der Waals surface area contributed by atoms with Crippen molar-refractivity contribution in [3.63, 3.8) is 0 Å². The molecule has 0 radical (unpaired) electrons. The van der Waals surface area contributed by atoms with E-state index in [9.17, 15) is 9.59 Å². The Hall–Kier alpha value is -1.55. The highest BCUT2D eigenvalue weighted by Crippen LogP contribution is 2.27. The van der Waals surface area contributed by atoms with Crippen molar-refractivity contribution in [3.05, 3.63) is 28.8 Å². The minimum absolute atomic E-state index is 0.0320. The summed E-state index contributed by atoms with van der Waals surface area (Å²) >= 11 is 6.05. The van der Waals surface area contributed by atoms with E-state index in [0.29, 0.717) is 17.3 Å². The summed E-state index contributed by atoms with van der Waals surface area (Å²) in [6, 6.07) is 5.41. The van der Waals surface area contributed by atoms with Crippen molar-refractivity contribution in [2.24, 2.45) is 5.92 Å². The maximum atomic E-state index is 12.3. The van der Waals surface area contributed by atoms with Crippen LogP contribution in [0.25, 0.3) is 0 Å². The molecule has 1 N–H and O–H groups in total. The number of carbonyl (C=O) groups excluding carboxylic acids is 2. The lowest BCUT2D eigenvalue weighted by Gasteiger charge is -2.31. The average Bonchev–Trinajstić information content (AvgIpc) is 2.76. The fraction of sp³-hybridized carbons (Fsp3) is 0.500. The van der Waals surface area contributed by atoms with Crippen LogP contribution in [0.1, 0.15) is 32.8 Å². The van der Waals surface area contributed by atoms with Crippen LogP contribution in [0.5, 0.6) is 0 Å². The van der Waals surface area contributed by atoms with Crippen LogP contribution in [0.15, 0.2) is 18.2 Å². The minimum atomic E-state index is -0.309. The summed E-state index contributed by atoms with van der Waals surface area (Å²) in [7, 11) is 0. The molecular formula is C16H21ClN2O2. The molecule has 0 bridgehead atoms. The molecule has 21 heavy (non-hydrogen) atoms. The van der Waals surface area contributed by atoms with Gasteiger partial charge in [-0.05, 0) is 45.4 Å². The van der Waals surface area contributed by atoms with Gasteiger partial charge in [-0.25, -0.2) is 0 Å². The summed E-state index contributed by atoms with van der Waals surface area (Å²) < 4.78 is 0. The second kappa shape index (κ2) is 5.68. The van der Waals surface area contributed by atoms with E-state index in [2.05, 4.69) is 5.32 Å². The van der Waals surface area contributed by atoms with Crippen molar-refractivity contribution in [1.29, 1.82) is 0 Å². The van der Waals surface area contributed by atoms with E-state index in [1.54, 1.807) is 11.0 Å². The lowest BCUT2D eigenvalue weighted by atomic mass is 10.1. The van der Waals surface area contributed by atoms with Crippen LogP contribution in [0.2, 0.25) is 5.02 Å². The predicted octanol–water partition coefficient (Wildman–Crippen LogP) is 3.23. The number of anilines is 1. The van der Waals surface area contributed by atoms with Crippen molar-refractivity contribution < 1.29 is 9.59 Å². The highest BCUT2D eigenvalue weighted by atomic mass is 35.5. The van der Waals surface area contributed by atoms with Crippen molar-refractivity contribution in [2.75, 3.05) is 11.9 Å². The number of amides is 2. The predicted molar refractivity (Wildman–Crippen MR) is 84.4 cm³/mol. The van der Waals surface area contributed by atoms with Crippen LogP contribution in [0.4, 0.5) is 5.69 Å². The second-order valence-corrected chi connectivity index (χ2v) is 6.94. The number of rotatable bonds is 2. The first-order chi connectivity index (χ1) is 9.68. The number of benzene rings is 1. The Morgan fingerprint density at radius 3 is 2.57 bits per heavy atom. The van der Waals surface area contributed by atoms with Crippen LogP contribution in [0.3, 0.4) is 0 Å². The third-order valence-corrected chi connectivity index (χ3v) is 4.15. The molecular weight excluding hydrogens is 288 g/mol. The number of nitrogens with zero attached hydrogens (tertiary/aromatic N) is 1. The molecule has 2 rings (SSSR count). The van der Waals surface area contributed by atoms with Gasteiger partial charge in [0.15, 0.2) is 0 Å². The molecule has 4 nitrogen and oxygen atoms in total. The Labute approximate surface area is 130 Å². The van der Waals surface area contributed by atoms with Gasteiger partial charge in [-0.15, -0.1) is 0 Å². The van der Waals surface area contributed by atoms with Gasteiger partial charge < -0.3 is 10.2 Å². The number of likely N-dealkylation sites (tertiary alicyclic amines) is 1. The van der Waals surface area contributed by atoms with Crippen LogP contribution in [-0.2, 0) is 9.59 Å². The summed E-state index contributed by atoms with van der Waals surface area (Å²) in [6.07, 6.45) is 0.267. The van der Waals surface area contributed by atoms with Crippen molar-refractivity contribution >= 4 is 29.1 Å². The van der Waals surface area contributed by atoms with Crippen molar-refractivity contribution in [1.82, 2.24) is 4.90 Å². The molecule has 2 amide bonds. The zero-order valence-corrected chi connectivity index (χ0v) is 13.6. The van der Waals surface area contributed by atoms with E-state index in [1.165, 1.54) is 0 Å². The van der Waals surface area contributed by atoms with E-state index < -0.39 is 0 Å². The van der Waals surface area contributed by atoms with E-state index >= 15 is 0 Å². The molecule has 0 aromatic heterocycles. The zero-order chi connectivity index (χ0) is 15.8. The topological polar surface area (TPSA) is 49.4 Å². The molecule has 1 aromatic rings. The molecule has 5 heteroatoms. The number of halogens is 1. The van der Waals surface area contributed by atoms with Gasteiger partial charge in [0.2, 0.25) is 11.8 Å². The Balaban J connectivity index is 2.05. The van der Waals surface area contributed by atoms with E-state index in [1.807, 2.05) is 39.8 Å². The SMILES string of the molecule is Cc1ccc(NC(=O)C2CC(=O)N(C(C)(C)C)C2)cc1Cl. The largest absolute Gasteiger partial charge is 0.337 e. The highest BCUT2D eigenvalue weighted by Gasteiger charge is 2.39. The van der Waals surface area contributed by atoms with Gasteiger partial charge in [0.25, 0.3) is 0 Å².